The number of carbonyl (C=O) groups excluding carboxylic acids is 2. The number of hydrogen-bond acceptors (Lipinski definition) is 5. The second-order valence-electron chi connectivity index (χ2n) is 5.33. The summed E-state index contributed by atoms with van der Waals surface area (Å²) in [4.78, 5) is 30.8. The van der Waals surface area contributed by atoms with Crippen LogP contribution in [0.2, 0.25) is 0 Å². The maximum atomic E-state index is 12.5. The molecule has 0 saturated heterocycles. The van der Waals surface area contributed by atoms with E-state index in [1.54, 1.807) is 30.3 Å². The minimum atomic E-state index is -0.528. The number of ether oxygens (including phenoxy) is 1. The first-order chi connectivity index (χ1) is 11.2. The number of rotatable bonds is 4. The summed E-state index contributed by atoms with van der Waals surface area (Å²) in [5.41, 5.74) is 1.57. The van der Waals surface area contributed by atoms with Gasteiger partial charge in [0.05, 0.1) is 37.1 Å². The molecule has 0 unspecified atom stereocenters. The van der Waals surface area contributed by atoms with Crippen molar-refractivity contribution in [3.63, 3.8) is 0 Å². The molecule has 0 spiro atoms. The predicted molar refractivity (Wildman–Crippen MR) is 80.7 cm³/mol. The van der Waals surface area contributed by atoms with Crippen molar-refractivity contribution in [2.24, 2.45) is 0 Å². The van der Waals surface area contributed by atoms with Crippen LogP contribution in [0.25, 0.3) is 0 Å². The molecule has 1 amide bonds. The lowest BCUT2D eigenvalue weighted by atomic mass is 9.98. The molecule has 0 radical (unpaired) electrons. The van der Waals surface area contributed by atoms with Gasteiger partial charge in [0.2, 0.25) is 0 Å². The first-order valence-corrected chi connectivity index (χ1v) is 7.69. The molecular formula is C16H19N3O4. The molecule has 2 aromatic rings. The summed E-state index contributed by atoms with van der Waals surface area (Å²) in [6, 6.07) is 3.28. The van der Waals surface area contributed by atoms with Crippen LogP contribution in [0, 0.1) is 0 Å². The Morgan fingerprint density at radius 3 is 2.91 bits per heavy atom. The fourth-order valence-electron chi connectivity index (χ4n) is 2.90. The van der Waals surface area contributed by atoms with E-state index in [4.69, 9.17) is 9.15 Å². The van der Waals surface area contributed by atoms with Gasteiger partial charge in [-0.25, -0.2) is 4.98 Å². The Bertz CT molecular complexity index is 705. The van der Waals surface area contributed by atoms with Crippen LogP contribution >= 0.6 is 0 Å². The van der Waals surface area contributed by atoms with Crippen molar-refractivity contribution in [2.75, 3.05) is 13.2 Å². The van der Waals surface area contributed by atoms with Gasteiger partial charge in [0.15, 0.2) is 5.76 Å². The number of fused-ring (bicyclic) bond motifs is 1. The number of carbonyl (C=O) groups is 2. The Balaban J connectivity index is 1.93. The van der Waals surface area contributed by atoms with Gasteiger partial charge in [0, 0.05) is 13.1 Å². The minimum absolute atomic E-state index is 0.249. The third kappa shape index (κ3) is 2.74. The van der Waals surface area contributed by atoms with Gasteiger partial charge >= 0.3 is 5.97 Å². The molecule has 122 valence electrons. The predicted octanol–water partition coefficient (Wildman–Crippen LogP) is 1.80. The largest absolute Gasteiger partial charge is 0.465 e. The van der Waals surface area contributed by atoms with Crippen molar-refractivity contribution in [3.05, 3.63) is 41.9 Å². The zero-order chi connectivity index (χ0) is 16.4. The second kappa shape index (κ2) is 6.28. The zero-order valence-corrected chi connectivity index (χ0v) is 13.2. The number of nitrogens with zero attached hydrogens (tertiary/aromatic N) is 3. The van der Waals surface area contributed by atoms with Gasteiger partial charge in [0.1, 0.15) is 5.92 Å². The SMILES string of the molecule is CCOC(=O)[C@H]1CN(C(=O)c2ccco2)Cc2ncn(CC)c21. The van der Waals surface area contributed by atoms with E-state index in [1.165, 1.54) is 6.26 Å². The zero-order valence-electron chi connectivity index (χ0n) is 13.2. The lowest BCUT2D eigenvalue weighted by Gasteiger charge is -2.31. The highest BCUT2D eigenvalue weighted by Crippen LogP contribution is 2.30. The highest BCUT2D eigenvalue weighted by molar-refractivity contribution is 5.92. The highest BCUT2D eigenvalue weighted by atomic mass is 16.5. The summed E-state index contributed by atoms with van der Waals surface area (Å²) in [5, 5.41) is 0. The monoisotopic (exact) mass is 317 g/mol. The number of aryl methyl sites for hydroxylation is 1. The van der Waals surface area contributed by atoms with Crippen molar-refractivity contribution in [1.82, 2.24) is 14.5 Å². The van der Waals surface area contributed by atoms with Crippen LogP contribution in [0.15, 0.2) is 29.1 Å². The third-order valence-corrected chi connectivity index (χ3v) is 3.96. The molecule has 3 rings (SSSR count). The van der Waals surface area contributed by atoms with Crippen molar-refractivity contribution in [3.8, 4) is 0 Å². The average molecular weight is 317 g/mol. The van der Waals surface area contributed by atoms with E-state index in [1.807, 2.05) is 11.5 Å². The van der Waals surface area contributed by atoms with Crippen LogP contribution in [-0.2, 0) is 22.6 Å². The van der Waals surface area contributed by atoms with E-state index >= 15 is 0 Å². The standard InChI is InChI=1S/C16H19N3O4/c1-3-18-10-17-12-9-19(15(20)13-6-5-7-23-13)8-11(14(12)18)16(21)22-4-2/h5-7,10-11H,3-4,8-9H2,1-2H3/t11-/m0/s1. The molecule has 2 aromatic heterocycles. The van der Waals surface area contributed by atoms with E-state index in [-0.39, 0.29) is 24.2 Å². The van der Waals surface area contributed by atoms with E-state index in [2.05, 4.69) is 4.98 Å². The molecule has 1 aliphatic heterocycles. The summed E-state index contributed by atoms with van der Waals surface area (Å²) in [6.07, 6.45) is 3.16. The Labute approximate surface area is 133 Å². The fourth-order valence-corrected chi connectivity index (χ4v) is 2.90. The average Bonchev–Trinajstić information content (AvgIpc) is 3.22. The molecule has 0 aromatic carbocycles. The van der Waals surface area contributed by atoms with Gasteiger partial charge < -0.3 is 18.6 Å². The Kier molecular flexibility index (Phi) is 4.18. The molecule has 3 heterocycles. The first-order valence-electron chi connectivity index (χ1n) is 7.69. The van der Waals surface area contributed by atoms with E-state index in [0.717, 1.165) is 11.4 Å². The topological polar surface area (TPSA) is 77.6 Å². The summed E-state index contributed by atoms with van der Waals surface area (Å²) < 4.78 is 12.3. The third-order valence-electron chi connectivity index (χ3n) is 3.96. The Hall–Kier alpha value is -2.57. The molecule has 0 saturated carbocycles. The maximum absolute atomic E-state index is 12.5. The second-order valence-corrected chi connectivity index (χ2v) is 5.33. The van der Waals surface area contributed by atoms with Gasteiger partial charge in [0.25, 0.3) is 5.91 Å². The van der Waals surface area contributed by atoms with Crippen molar-refractivity contribution in [1.29, 1.82) is 0 Å². The van der Waals surface area contributed by atoms with Gasteiger partial charge in [-0.05, 0) is 26.0 Å². The molecule has 1 aliphatic rings. The number of hydrogen-bond donors (Lipinski definition) is 0. The van der Waals surface area contributed by atoms with Crippen LogP contribution in [0.5, 0.6) is 0 Å². The van der Waals surface area contributed by atoms with Crippen molar-refractivity contribution in [2.45, 2.75) is 32.9 Å². The number of aromatic nitrogens is 2. The lowest BCUT2D eigenvalue weighted by Crippen LogP contribution is -2.41. The molecule has 0 fully saturated rings. The first kappa shape index (κ1) is 15.3. The molecule has 7 nitrogen and oxygen atoms in total. The van der Waals surface area contributed by atoms with Crippen molar-refractivity contribution < 1.29 is 18.7 Å². The molecule has 0 N–H and O–H groups in total. The van der Waals surface area contributed by atoms with Crippen molar-refractivity contribution >= 4 is 11.9 Å². The fraction of sp³-hybridized carbons (Fsp3) is 0.438. The number of furan rings is 1. The summed E-state index contributed by atoms with van der Waals surface area (Å²) in [6.45, 7) is 5.39. The normalized spacial score (nSPS) is 17.0. The van der Waals surface area contributed by atoms with Crippen LogP contribution in [0.4, 0.5) is 0 Å². The summed E-state index contributed by atoms with van der Waals surface area (Å²) in [5.74, 6) is -0.854. The van der Waals surface area contributed by atoms with Gasteiger partial charge in [-0.2, -0.15) is 0 Å². The van der Waals surface area contributed by atoms with Gasteiger partial charge in [-0.15, -0.1) is 0 Å². The van der Waals surface area contributed by atoms with Gasteiger partial charge in [-0.1, -0.05) is 0 Å². The quantitative estimate of drug-likeness (QED) is 0.804. The Morgan fingerprint density at radius 2 is 2.26 bits per heavy atom. The van der Waals surface area contributed by atoms with E-state index in [0.29, 0.717) is 19.7 Å². The van der Waals surface area contributed by atoms with E-state index < -0.39 is 5.92 Å². The molecular weight excluding hydrogens is 298 g/mol. The maximum Gasteiger partial charge on any atom is 0.316 e. The smallest absolute Gasteiger partial charge is 0.316 e. The summed E-state index contributed by atoms with van der Waals surface area (Å²) in [7, 11) is 0. The van der Waals surface area contributed by atoms with E-state index in [9.17, 15) is 9.59 Å². The van der Waals surface area contributed by atoms with Crippen LogP contribution in [0.3, 0.4) is 0 Å². The van der Waals surface area contributed by atoms with Crippen LogP contribution < -0.4 is 0 Å². The highest BCUT2D eigenvalue weighted by Gasteiger charge is 2.37. The molecule has 23 heavy (non-hydrogen) atoms. The molecule has 7 heteroatoms. The molecule has 0 bridgehead atoms. The van der Waals surface area contributed by atoms with Gasteiger partial charge in [-0.3, -0.25) is 9.59 Å². The molecule has 0 aliphatic carbocycles. The van der Waals surface area contributed by atoms with Crippen LogP contribution in [0.1, 0.15) is 41.7 Å². The van der Waals surface area contributed by atoms with Crippen LogP contribution in [-0.4, -0.2) is 39.5 Å². The minimum Gasteiger partial charge on any atom is -0.465 e. The summed E-state index contributed by atoms with van der Waals surface area (Å²) >= 11 is 0. The number of amides is 1. The molecule has 1 atom stereocenters. The number of esters is 1. The number of imidazole rings is 1. The lowest BCUT2D eigenvalue weighted by molar-refractivity contribution is -0.145. The Morgan fingerprint density at radius 1 is 1.43 bits per heavy atom.